The van der Waals surface area contributed by atoms with E-state index < -0.39 is 20.2 Å². The molecule has 0 spiro atoms. The summed E-state index contributed by atoms with van der Waals surface area (Å²) in [6.45, 7) is 12.5. The van der Waals surface area contributed by atoms with Gasteiger partial charge in [0.25, 0.3) is 0 Å². The highest BCUT2D eigenvalue weighted by molar-refractivity contribution is 6.88. The predicted molar refractivity (Wildman–Crippen MR) is 87.8 cm³/mol. The van der Waals surface area contributed by atoms with E-state index in [4.69, 9.17) is 4.74 Å². The van der Waals surface area contributed by atoms with Crippen molar-refractivity contribution >= 4 is 25.4 Å². The molecule has 0 saturated heterocycles. The number of hydrogen-bond donors (Lipinski definition) is 0. The Morgan fingerprint density at radius 3 is 2.04 bits per heavy atom. The Labute approximate surface area is 137 Å². The molecule has 0 aromatic heterocycles. The highest BCUT2D eigenvalue weighted by Crippen LogP contribution is 2.13. The predicted octanol–water partition coefficient (Wildman–Crippen LogP) is 3.43. The Bertz CT molecular complexity index is 539. The summed E-state index contributed by atoms with van der Waals surface area (Å²) in [6.07, 6.45) is -1.07. The fourth-order valence-electron chi connectivity index (χ4n) is 1.53. The van der Waals surface area contributed by atoms with Gasteiger partial charge in [0.05, 0.1) is 25.3 Å². The van der Waals surface area contributed by atoms with Gasteiger partial charge in [0.1, 0.15) is 0 Å². The molecule has 1 rings (SSSR count). The van der Waals surface area contributed by atoms with E-state index in [0.29, 0.717) is 5.56 Å². The number of rotatable bonds is 5. The summed E-state index contributed by atoms with van der Waals surface area (Å²) < 4.78 is 4.77. The van der Waals surface area contributed by atoms with Gasteiger partial charge < -0.3 is 4.74 Å². The summed E-state index contributed by atoms with van der Waals surface area (Å²) in [5.74, 6) is -0.754. The van der Waals surface area contributed by atoms with Gasteiger partial charge in [-0.1, -0.05) is 57.7 Å². The molecular formula is C16H24O6Si. The second-order valence-corrected chi connectivity index (χ2v) is 12.5. The molecule has 0 fully saturated rings. The molecule has 0 N–H and O–H groups in total. The Balaban J connectivity index is 2.41. The van der Waals surface area contributed by atoms with Crippen LogP contribution in [0.15, 0.2) is 24.3 Å². The van der Waals surface area contributed by atoms with E-state index in [-0.39, 0.29) is 12.0 Å². The molecule has 0 amide bonds. The molecule has 0 aliphatic carbocycles. The minimum absolute atomic E-state index is 0.154. The van der Waals surface area contributed by atoms with Crippen molar-refractivity contribution in [3.05, 3.63) is 29.8 Å². The Morgan fingerprint density at radius 2 is 1.57 bits per heavy atom. The first-order valence-corrected chi connectivity index (χ1v) is 10.8. The zero-order valence-corrected chi connectivity index (χ0v) is 15.5. The first-order chi connectivity index (χ1) is 10.5. The van der Waals surface area contributed by atoms with Gasteiger partial charge in [0.2, 0.25) is 0 Å². The van der Waals surface area contributed by atoms with E-state index in [0.717, 1.165) is 0 Å². The van der Waals surface area contributed by atoms with E-state index in [1.807, 2.05) is 32.9 Å². The molecule has 0 heterocycles. The summed E-state index contributed by atoms with van der Waals surface area (Å²) in [6, 6.07) is 7.08. The van der Waals surface area contributed by atoms with E-state index in [1.165, 1.54) is 5.19 Å². The van der Waals surface area contributed by atoms with Crippen LogP contribution in [0, 0.1) is 5.41 Å². The number of ether oxygens (including phenoxy) is 1. The van der Waals surface area contributed by atoms with Crippen LogP contribution in [-0.4, -0.2) is 26.8 Å². The number of benzene rings is 1. The molecule has 0 aliphatic rings. The van der Waals surface area contributed by atoms with Crippen LogP contribution in [0.1, 0.15) is 31.1 Å². The number of carbonyl (C=O) groups excluding carboxylic acids is 2. The van der Waals surface area contributed by atoms with Crippen LogP contribution in [0.3, 0.4) is 0 Å². The van der Waals surface area contributed by atoms with Crippen molar-refractivity contribution in [2.24, 2.45) is 5.41 Å². The fourth-order valence-corrected chi connectivity index (χ4v) is 2.70. The second-order valence-electron chi connectivity index (χ2n) is 7.45. The molecule has 6 nitrogen and oxygen atoms in total. The molecule has 1 aromatic carbocycles. The lowest BCUT2D eigenvalue weighted by molar-refractivity contribution is -0.452. The maximum absolute atomic E-state index is 11.7. The lowest BCUT2D eigenvalue weighted by Crippen LogP contribution is -2.37. The summed E-state index contributed by atoms with van der Waals surface area (Å²) in [4.78, 5) is 31.6. The van der Waals surface area contributed by atoms with Crippen molar-refractivity contribution in [3.8, 4) is 0 Å². The molecule has 0 radical (unpaired) electrons. The van der Waals surface area contributed by atoms with Crippen molar-refractivity contribution in [3.63, 3.8) is 0 Å². The van der Waals surface area contributed by atoms with Gasteiger partial charge in [-0.15, -0.1) is 0 Å². The van der Waals surface area contributed by atoms with Crippen LogP contribution >= 0.6 is 0 Å². The maximum Gasteiger partial charge on any atom is 0.543 e. The van der Waals surface area contributed by atoms with Gasteiger partial charge >= 0.3 is 12.1 Å². The van der Waals surface area contributed by atoms with Crippen molar-refractivity contribution < 1.29 is 29.1 Å². The zero-order valence-electron chi connectivity index (χ0n) is 14.5. The minimum Gasteiger partial charge on any atom is -0.432 e. The highest BCUT2D eigenvalue weighted by Gasteiger charge is 2.18. The van der Waals surface area contributed by atoms with Crippen molar-refractivity contribution in [1.82, 2.24) is 0 Å². The van der Waals surface area contributed by atoms with Crippen LogP contribution < -0.4 is 5.19 Å². The van der Waals surface area contributed by atoms with Crippen LogP contribution in [0.5, 0.6) is 0 Å². The lowest BCUT2D eigenvalue weighted by Gasteiger charge is -2.16. The average Bonchev–Trinajstić information content (AvgIpc) is 2.43. The number of hydrogen-bond acceptors (Lipinski definition) is 6. The lowest BCUT2D eigenvalue weighted by atomic mass is 9.99. The van der Waals surface area contributed by atoms with Crippen LogP contribution in [0.2, 0.25) is 19.6 Å². The smallest absolute Gasteiger partial charge is 0.432 e. The van der Waals surface area contributed by atoms with Gasteiger partial charge in [-0.05, 0) is 17.5 Å². The molecule has 128 valence electrons. The van der Waals surface area contributed by atoms with E-state index in [1.54, 1.807) is 12.1 Å². The largest absolute Gasteiger partial charge is 0.543 e. The summed E-state index contributed by atoms with van der Waals surface area (Å²) in [5.41, 5.74) is 0.104. The summed E-state index contributed by atoms with van der Waals surface area (Å²) in [5, 5.41) is 5.38. The molecule has 1 aromatic rings. The maximum atomic E-state index is 11.7. The zero-order chi connectivity index (χ0) is 17.7. The van der Waals surface area contributed by atoms with Gasteiger partial charge in [0.15, 0.2) is 0 Å². The van der Waals surface area contributed by atoms with E-state index in [2.05, 4.69) is 34.5 Å². The molecule has 7 heteroatoms. The molecule has 0 atom stereocenters. The molecular weight excluding hydrogens is 316 g/mol. The minimum atomic E-state index is -1.43. The molecule has 0 bridgehead atoms. The van der Waals surface area contributed by atoms with E-state index in [9.17, 15) is 9.59 Å². The summed E-state index contributed by atoms with van der Waals surface area (Å²) >= 11 is 0. The Hall–Kier alpha value is -1.86. The number of carbonyl (C=O) groups is 2. The van der Waals surface area contributed by atoms with Crippen molar-refractivity contribution in [2.75, 3.05) is 6.61 Å². The third-order valence-corrected chi connectivity index (χ3v) is 4.89. The van der Waals surface area contributed by atoms with E-state index >= 15 is 0 Å². The standard InChI is InChI=1S/C16H24O6Si/c1-16(2,3)11-19-15(18)21-22-20-14(17)12-7-9-13(10-8-12)23(4,5)6/h7-10H,11H2,1-6H3. The van der Waals surface area contributed by atoms with Gasteiger partial charge in [-0.2, -0.15) is 0 Å². The van der Waals surface area contributed by atoms with Crippen LogP contribution in [0.25, 0.3) is 0 Å². The molecule has 0 aliphatic heterocycles. The molecule has 0 unspecified atom stereocenters. The van der Waals surface area contributed by atoms with Gasteiger partial charge in [-0.25, -0.2) is 14.5 Å². The van der Waals surface area contributed by atoms with Gasteiger partial charge in [-0.3, -0.25) is 4.89 Å². The first-order valence-electron chi connectivity index (χ1n) is 7.32. The topological polar surface area (TPSA) is 71.1 Å². The third-order valence-electron chi connectivity index (χ3n) is 2.82. The monoisotopic (exact) mass is 340 g/mol. The molecule has 23 heavy (non-hydrogen) atoms. The Morgan fingerprint density at radius 1 is 1.00 bits per heavy atom. The van der Waals surface area contributed by atoms with Gasteiger partial charge in [0, 0.05) is 0 Å². The second kappa shape index (κ2) is 7.61. The first kappa shape index (κ1) is 19.2. The van der Waals surface area contributed by atoms with Crippen LogP contribution in [0.4, 0.5) is 4.79 Å². The highest BCUT2D eigenvalue weighted by atomic mass is 28.3. The average molecular weight is 340 g/mol. The SMILES string of the molecule is CC(C)(C)COC(=O)OOOC(=O)c1ccc([Si](C)(C)C)cc1. The fraction of sp³-hybridized carbons (Fsp3) is 0.500. The quantitative estimate of drug-likeness (QED) is 0.354. The molecule has 0 saturated carbocycles. The Kier molecular flexibility index (Phi) is 6.34. The van der Waals surface area contributed by atoms with Crippen molar-refractivity contribution in [1.29, 1.82) is 0 Å². The van der Waals surface area contributed by atoms with Crippen molar-refractivity contribution in [2.45, 2.75) is 40.4 Å². The normalized spacial score (nSPS) is 11.7. The summed E-state index contributed by atoms with van der Waals surface area (Å²) in [7, 11) is -1.43. The van der Waals surface area contributed by atoms with Crippen LogP contribution in [-0.2, 0) is 19.6 Å². The third kappa shape index (κ3) is 7.29.